The largest absolute Gasteiger partial charge is 0.433 e. The van der Waals surface area contributed by atoms with Crippen LogP contribution < -0.4 is 20.7 Å². The van der Waals surface area contributed by atoms with Crippen molar-refractivity contribution in [3.8, 4) is 5.75 Å². The van der Waals surface area contributed by atoms with E-state index in [0.29, 0.717) is 12.6 Å². The van der Waals surface area contributed by atoms with Crippen LogP contribution in [-0.4, -0.2) is 68.8 Å². The number of nitrogens with zero attached hydrogens (tertiary/aromatic N) is 2. The van der Waals surface area contributed by atoms with Gasteiger partial charge in [-0.2, -0.15) is 8.78 Å². The summed E-state index contributed by atoms with van der Waals surface area (Å²) in [4.78, 5) is 28.1. The number of rotatable bonds is 8. The predicted octanol–water partition coefficient (Wildman–Crippen LogP) is 1.40. The van der Waals surface area contributed by atoms with E-state index in [1.807, 2.05) is 11.9 Å². The zero-order valence-corrected chi connectivity index (χ0v) is 16.3. The standard InChI is InChI=1S/C19H26F2N4O4/c1-24(13-3-2-4-13)15(10-22)18(27)23-12-5-6-14(16(9-12)29-19(20)21)25-7-8-28-11-17(25)26/h5-6,9,13,15,19H,2-4,7-8,10-11,22H2,1H3,(H,23,27)/t15-/m0/s1. The molecule has 2 fully saturated rings. The van der Waals surface area contributed by atoms with Gasteiger partial charge in [-0.15, -0.1) is 0 Å². The third-order valence-electron chi connectivity index (χ3n) is 5.39. The Bertz CT molecular complexity index is 745. The Morgan fingerprint density at radius 3 is 2.79 bits per heavy atom. The average Bonchev–Trinajstić information content (AvgIpc) is 2.61. The molecule has 29 heavy (non-hydrogen) atoms. The highest BCUT2D eigenvalue weighted by atomic mass is 19.3. The minimum absolute atomic E-state index is 0.127. The molecule has 1 aromatic carbocycles. The van der Waals surface area contributed by atoms with Crippen LogP contribution in [0.2, 0.25) is 0 Å². The summed E-state index contributed by atoms with van der Waals surface area (Å²) in [5, 5.41) is 2.72. The highest BCUT2D eigenvalue weighted by Crippen LogP contribution is 2.34. The third kappa shape index (κ3) is 5.01. The van der Waals surface area contributed by atoms with E-state index in [1.54, 1.807) is 6.07 Å². The van der Waals surface area contributed by atoms with Gasteiger partial charge in [0.15, 0.2) is 5.75 Å². The number of nitrogens with two attached hydrogens (primary N) is 1. The van der Waals surface area contributed by atoms with Gasteiger partial charge in [0, 0.05) is 30.9 Å². The number of alkyl halides is 2. The molecule has 10 heteroatoms. The molecule has 1 aliphatic carbocycles. The van der Waals surface area contributed by atoms with Crippen LogP contribution in [0.5, 0.6) is 5.75 Å². The van der Waals surface area contributed by atoms with Crippen LogP contribution in [0.15, 0.2) is 18.2 Å². The van der Waals surface area contributed by atoms with E-state index in [2.05, 4.69) is 10.1 Å². The maximum atomic E-state index is 12.9. The Morgan fingerprint density at radius 2 is 2.21 bits per heavy atom. The Hall–Kier alpha value is -2.30. The van der Waals surface area contributed by atoms with Crippen molar-refractivity contribution in [1.82, 2.24) is 4.90 Å². The first-order valence-corrected chi connectivity index (χ1v) is 9.60. The zero-order valence-electron chi connectivity index (χ0n) is 16.3. The van der Waals surface area contributed by atoms with Crippen molar-refractivity contribution in [2.45, 2.75) is 38.0 Å². The lowest BCUT2D eigenvalue weighted by Crippen LogP contribution is -2.52. The van der Waals surface area contributed by atoms with Gasteiger partial charge in [-0.05, 0) is 32.0 Å². The van der Waals surface area contributed by atoms with Crippen LogP contribution >= 0.6 is 0 Å². The molecule has 3 rings (SSSR count). The lowest BCUT2D eigenvalue weighted by Gasteiger charge is -2.38. The Labute approximate surface area is 167 Å². The van der Waals surface area contributed by atoms with Gasteiger partial charge in [0.25, 0.3) is 5.91 Å². The van der Waals surface area contributed by atoms with Crippen molar-refractivity contribution < 1.29 is 27.8 Å². The molecule has 0 aromatic heterocycles. The molecule has 0 bridgehead atoms. The summed E-state index contributed by atoms with van der Waals surface area (Å²) in [7, 11) is 1.86. The maximum Gasteiger partial charge on any atom is 0.387 e. The van der Waals surface area contributed by atoms with E-state index < -0.39 is 12.7 Å². The van der Waals surface area contributed by atoms with Crippen LogP contribution in [-0.2, 0) is 14.3 Å². The highest BCUT2D eigenvalue weighted by molar-refractivity contribution is 5.98. The first-order chi connectivity index (χ1) is 13.9. The molecule has 1 aliphatic heterocycles. The molecule has 2 amide bonds. The van der Waals surface area contributed by atoms with E-state index in [1.165, 1.54) is 17.0 Å². The van der Waals surface area contributed by atoms with E-state index in [-0.39, 0.29) is 48.6 Å². The lowest BCUT2D eigenvalue weighted by molar-refractivity contribution is -0.126. The monoisotopic (exact) mass is 412 g/mol. The van der Waals surface area contributed by atoms with Gasteiger partial charge in [-0.3, -0.25) is 14.5 Å². The fourth-order valence-electron chi connectivity index (χ4n) is 3.51. The topological polar surface area (TPSA) is 97.1 Å². The number of carbonyl (C=O) groups excluding carboxylic acids is 2. The molecule has 3 N–H and O–H groups in total. The van der Waals surface area contributed by atoms with Gasteiger partial charge in [0.2, 0.25) is 5.91 Å². The summed E-state index contributed by atoms with van der Waals surface area (Å²) < 4.78 is 35.5. The van der Waals surface area contributed by atoms with Crippen LogP contribution in [0, 0.1) is 0 Å². The predicted molar refractivity (Wildman–Crippen MR) is 103 cm³/mol. The Kier molecular flexibility index (Phi) is 6.99. The molecule has 0 unspecified atom stereocenters. The summed E-state index contributed by atoms with van der Waals surface area (Å²) in [5.41, 5.74) is 6.29. The number of anilines is 2. The summed E-state index contributed by atoms with van der Waals surface area (Å²) >= 11 is 0. The summed E-state index contributed by atoms with van der Waals surface area (Å²) in [6.45, 7) is -2.54. The average molecular weight is 412 g/mol. The van der Waals surface area contributed by atoms with Gasteiger partial charge in [-0.25, -0.2) is 0 Å². The van der Waals surface area contributed by atoms with Gasteiger partial charge in [-0.1, -0.05) is 6.42 Å². The second kappa shape index (κ2) is 9.47. The molecular formula is C19H26F2N4O4. The Morgan fingerprint density at radius 1 is 1.45 bits per heavy atom. The third-order valence-corrected chi connectivity index (χ3v) is 5.39. The number of amides is 2. The van der Waals surface area contributed by atoms with Gasteiger partial charge in [0.1, 0.15) is 12.6 Å². The number of carbonyl (C=O) groups is 2. The van der Waals surface area contributed by atoms with Crippen molar-refractivity contribution >= 4 is 23.2 Å². The van der Waals surface area contributed by atoms with Crippen LogP contribution in [0.1, 0.15) is 19.3 Å². The van der Waals surface area contributed by atoms with Crippen LogP contribution in [0.4, 0.5) is 20.2 Å². The van der Waals surface area contributed by atoms with Crippen molar-refractivity contribution in [3.63, 3.8) is 0 Å². The second-order valence-electron chi connectivity index (χ2n) is 7.15. The molecule has 1 atom stereocenters. The summed E-state index contributed by atoms with van der Waals surface area (Å²) in [6, 6.07) is 4.11. The molecule has 0 spiro atoms. The fourth-order valence-corrected chi connectivity index (χ4v) is 3.51. The quantitative estimate of drug-likeness (QED) is 0.670. The maximum absolute atomic E-state index is 12.9. The number of likely N-dealkylation sites (N-methyl/N-ethyl adjacent to an activating group) is 1. The molecule has 1 aromatic rings. The van der Waals surface area contributed by atoms with Crippen LogP contribution in [0.25, 0.3) is 0 Å². The zero-order chi connectivity index (χ0) is 21.0. The summed E-state index contributed by atoms with van der Waals surface area (Å²) in [5.74, 6) is -0.859. The Balaban J connectivity index is 1.78. The number of halogens is 2. The smallest absolute Gasteiger partial charge is 0.387 e. The minimum Gasteiger partial charge on any atom is -0.433 e. The number of ether oxygens (including phenoxy) is 2. The molecule has 8 nitrogen and oxygen atoms in total. The van der Waals surface area contributed by atoms with Crippen molar-refractivity contribution in [3.05, 3.63) is 18.2 Å². The molecule has 1 saturated heterocycles. The summed E-state index contributed by atoms with van der Waals surface area (Å²) in [6.07, 6.45) is 3.17. The van der Waals surface area contributed by atoms with Crippen molar-refractivity contribution in [1.29, 1.82) is 0 Å². The minimum atomic E-state index is -3.07. The van der Waals surface area contributed by atoms with Crippen LogP contribution in [0.3, 0.4) is 0 Å². The van der Waals surface area contributed by atoms with E-state index in [4.69, 9.17) is 10.5 Å². The number of hydrogen-bond donors (Lipinski definition) is 2. The normalized spacial score (nSPS) is 18.7. The van der Waals surface area contributed by atoms with Crippen molar-refractivity contribution in [2.24, 2.45) is 5.73 Å². The number of morpholine rings is 1. The fraction of sp³-hybridized carbons (Fsp3) is 0.579. The van der Waals surface area contributed by atoms with Gasteiger partial charge < -0.3 is 25.4 Å². The molecular weight excluding hydrogens is 386 g/mol. The second-order valence-corrected chi connectivity index (χ2v) is 7.15. The first-order valence-electron chi connectivity index (χ1n) is 9.60. The SMILES string of the molecule is CN(C1CCC1)[C@@H](CN)C(=O)Nc1ccc(N2CCOCC2=O)c(OC(F)F)c1. The van der Waals surface area contributed by atoms with E-state index >= 15 is 0 Å². The lowest BCUT2D eigenvalue weighted by atomic mass is 9.90. The van der Waals surface area contributed by atoms with E-state index in [9.17, 15) is 18.4 Å². The van der Waals surface area contributed by atoms with E-state index in [0.717, 1.165) is 19.3 Å². The molecule has 160 valence electrons. The molecule has 1 heterocycles. The van der Waals surface area contributed by atoms with Gasteiger partial charge in [0.05, 0.1) is 12.3 Å². The first kappa shape index (κ1) is 21.4. The number of nitrogens with one attached hydrogen (secondary N) is 1. The van der Waals surface area contributed by atoms with Crippen molar-refractivity contribution in [2.75, 3.05) is 43.6 Å². The molecule has 0 radical (unpaired) electrons. The number of hydrogen-bond acceptors (Lipinski definition) is 6. The highest BCUT2D eigenvalue weighted by Gasteiger charge is 2.31. The van der Waals surface area contributed by atoms with Gasteiger partial charge >= 0.3 is 6.61 Å². The number of benzene rings is 1. The molecule has 2 aliphatic rings. The molecule has 1 saturated carbocycles.